The summed E-state index contributed by atoms with van der Waals surface area (Å²) < 4.78 is 0. The first-order valence-electron chi connectivity index (χ1n) is 8.00. The number of fused-ring (bicyclic) bond motifs is 3. The van der Waals surface area contributed by atoms with E-state index in [1.54, 1.807) is 0 Å². The van der Waals surface area contributed by atoms with Gasteiger partial charge in [0, 0.05) is 5.92 Å². The van der Waals surface area contributed by atoms with Gasteiger partial charge in [-0.1, -0.05) is 32.3 Å². The third-order valence-corrected chi connectivity index (χ3v) is 6.65. The van der Waals surface area contributed by atoms with Gasteiger partial charge in [-0.2, -0.15) is 0 Å². The highest BCUT2D eigenvalue weighted by atomic mass is 16.7. The van der Waals surface area contributed by atoms with Gasteiger partial charge in [0.05, 0.1) is 5.71 Å². The molecule has 4 atom stereocenters. The van der Waals surface area contributed by atoms with E-state index < -0.39 is 0 Å². The second kappa shape index (κ2) is 3.99. The van der Waals surface area contributed by atoms with Gasteiger partial charge in [0.1, 0.15) is 5.60 Å². The minimum absolute atomic E-state index is 0.0157. The van der Waals surface area contributed by atoms with Crippen LogP contribution in [0, 0.1) is 22.7 Å². The fraction of sp³-hybridized carbons (Fsp3) is 0.941. The Morgan fingerprint density at radius 3 is 2.53 bits per heavy atom. The molecule has 3 aliphatic rings. The van der Waals surface area contributed by atoms with Crippen molar-refractivity contribution < 1.29 is 4.84 Å². The second-order valence-electron chi connectivity index (χ2n) is 8.43. The van der Waals surface area contributed by atoms with E-state index in [0.717, 1.165) is 12.3 Å². The number of oxime groups is 1. The van der Waals surface area contributed by atoms with Crippen LogP contribution in [-0.2, 0) is 4.84 Å². The Kier molecular flexibility index (Phi) is 2.82. The average Bonchev–Trinajstić information content (AvgIpc) is 2.30. The van der Waals surface area contributed by atoms with Crippen molar-refractivity contribution in [3.8, 4) is 0 Å². The van der Waals surface area contributed by atoms with Gasteiger partial charge < -0.3 is 4.84 Å². The van der Waals surface area contributed by atoms with Crippen molar-refractivity contribution in [3.05, 3.63) is 0 Å². The third kappa shape index (κ3) is 1.86. The average molecular weight is 263 g/mol. The SMILES string of the molecule is CC1=NOC2(C)CCC3C(C)(C)CCCC3(C)C2C1. The zero-order chi connectivity index (χ0) is 13.9. The lowest BCUT2D eigenvalue weighted by atomic mass is 9.45. The molecule has 3 rings (SSSR count). The molecule has 0 N–H and O–H groups in total. The van der Waals surface area contributed by atoms with Crippen LogP contribution in [0.3, 0.4) is 0 Å². The molecule has 0 aromatic rings. The summed E-state index contributed by atoms with van der Waals surface area (Å²) in [6.07, 6.45) is 7.77. The summed E-state index contributed by atoms with van der Waals surface area (Å²) in [4.78, 5) is 5.95. The molecule has 4 unspecified atom stereocenters. The van der Waals surface area contributed by atoms with Gasteiger partial charge in [-0.25, -0.2) is 0 Å². The summed E-state index contributed by atoms with van der Waals surface area (Å²) in [6.45, 7) is 11.9. The van der Waals surface area contributed by atoms with E-state index in [2.05, 4.69) is 39.8 Å². The molecule has 1 heterocycles. The first-order chi connectivity index (χ1) is 8.78. The Balaban J connectivity index is 2.00. The van der Waals surface area contributed by atoms with Crippen molar-refractivity contribution in [1.29, 1.82) is 0 Å². The Hall–Kier alpha value is -0.530. The molecule has 2 aliphatic carbocycles. The maximum absolute atomic E-state index is 5.95. The molecular weight excluding hydrogens is 234 g/mol. The van der Waals surface area contributed by atoms with Crippen LogP contribution >= 0.6 is 0 Å². The van der Waals surface area contributed by atoms with Crippen LogP contribution < -0.4 is 0 Å². The van der Waals surface area contributed by atoms with Gasteiger partial charge in [0.2, 0.25) is 0 Å². The molecule has 2 saturated carbocycles. The van der Waals surface area contributed by atoms with Crippen molar-refractivity contribution in [2.75, 3.05) is 0 Å². The predicted octanol–water partition coefficient (Wildman–Crippen LogP) is 4.78. The monoisotopic (exact) mass is 263 g/mol. The molecule has 108 valence electrons. The van der Waals surface area contributed by atoms with Crippen LogP contribution in [0.15, 0.2) is 5.16 Å². The Bertz CT molecular complexity index is 413. The van der Waals surface area contributed by atoms with E-state index in [0.29, 0.717) is 16.7 Å². The van der Waals surface area contributed by atoms with Crippen molar-refractivity contribution in [2.24, 2.45) is 27.8 Å². The maximum Gasteiger partial charge on any atom is 0.138 e. The first kappa shape index (κ1) is 13.5. The molecule has 2 heteroatoms. The highest BCUT2D eigenvalue weighted by Gasteiger charge is 2.60. The standard InChI is InChI=1S/C17H29NO/c1-12-11-14-16(4)9-6-8-15(2,3)13(16)7-10-17(14,5)19-18-12/h13-14H,6-11H2,1-5H3. The molecule has 0 bridgehead atoms. The summed E-state index contributed by atoms with van der Waals surface area (Å²) in [5.41, 5.74) is 2.11. The Labute approximate surface area is 118 Å². The summed E-state index contributed by atoms with van der Waals surface area (Å²) in [6, 6.07) is 0. The molecule has 1 aliphatic heterocycles. The zero-order valence-corrected chi connectivity index (χ0v) is 13.3. The van der Waals surface area contributed by atoms with Gasteiger partial charge >= 0.3 is 0 Å². The normalized spacial score (nSPS) is 48.6. The van der Waals surface area contributed by atoms with Crippen molar-refractivity contribution in [2.45, 2.75) is 78.7 Å². The second-order valence-corrected chi connectivity index (χ2v) is 8.43. The highest BCUT2D eigenvalue weighted by molar-refractivity contribution is 5.82. The molecule has 2 fully saturated rings. The van der Waals surface area contributed by atoms with Crippen LogP contribution in [0.4, 0.5) is 0 Å². The molecule has 0 aromatic heterocycles. The first-order valence-corrected chi connectivity index (χ1v) is 8.00. The summed E-state index contributed by atoms with van der Waals surface area (Å²) in [5, 5.41) is 4.31. The van der Waals surface area contributed by atoms with Crippen LogP contribution in [0.5, 0.6) is 0 Å². The van der Waals surface area contributed by atoms with Crippen LogP contribution in [0.25, 0.3) is 0 Å². The minimum atomic E-state index is -0.0157. The zero-order valence-electron chi connectivity index (χ0n) is 13.3. The van der Waals surface area contributed by atoms with E-state index in [4.69, 9.17) is 4.84 Å². The van der Waals surface area contributed by atoms with E-state index in [9.17, 15) is 0 Å². The molecule has 19 heavy (non-hydrogen) atoms. The lowest BCUT2D eigenvalue weighted by molar-refractivity contribution is -0.196. The van der Waals surface area contributed by atoms with Crippen LogP contribution in [0.1, 0.15) is 73.1 Å². The smallest absolute Gasteiger partial charge is 0.138 e. The lowest BCUT2D eigenvalue weighted by Crippen LogP contribution is -2.59. The van der Waals surface area contributed by atoms with Crippen molar-refractivity contribution >= 4 is 5.71 Å². The summed E-state index contributed by atoms with van der Waals surface area (Å²) in [7, 11) is 0. The van der Waals surface area contributed by atoms with E-state index >= 15 is 0 Å². The Morgan fingerprint density at radius 1 is 1.05 bits per heavy atom. The van der Waals surface area contributed by atoms with E-state index in [1.165, 1.54) is 37.8 Å². The topological polar surface area (TPSA) is 21.6 Å². The van der Waals surface area contributed by atoms with Gasteiger partial charge in [0.25, 0.3) is 0 Å². The van der Waals surface area contributed by atoms with Crippen LogP contribution in [0.2, 0.25) is 0 Å². The van der Waals surface area contributed by atoms with Gasteiger partial charge in [-0.15, -0.1) is 0 Å². The molecule has 0 amide bonds. The fourth-order valence-corrected chi connectivity index (χ4v) is 5.68. The molecule has 2 nitrogen and oxygen atoms in total. The lowest BCUT2D eigenvalue weighted by Gasteiger charge is -2.62. The number of rotatable bonds is 0. The van der Waals surface area contributed by atoms with Gasteiger partial charge in [-0.3, -0.25) is 0 Å². The van der Waals surface area contributed by atoms with E-state index in [1.807, 2.05) is 0 Å². The predicted molar refractivity (Wildman–Crippen MR) is 79.2 cm³/mol. The molecule has 0 radical (unpaired) electrons. The van der Waals surface area contributed by atoms with Crippen molar-refractivity contribution in [1.82, 2.24) is 0 Å². The quantitative estimate of drug-likeness (QED) is 0.616. The van der Waals surface area contributed by atoms with E-state index in [-0.39, 0.29) is 5.60 Å². The van der Waals surface area contributed by atoms with Crippen molar-refractivity contribution in [3.63, 3.8) is 0 Å². The summed E-state index contributed by atoms with van der Waals surface area (Å²) in [5.74, 6) is 1.50. The Morgan fingerprint density at radius 2 is 1.79 bits per heavy atom. The third-order valence-electron chi connectivity index (χ3n) is 6.65. The highest BCUT2D eigenvalue weighted by Crippen LogP contribution is 2.64. The molecule has 0 aromatic carbocycles. The number of nitrogens with zero attached hydrogens (tertiary/aromatic N) is 1. The fourth-order valence-electron chi connectivity index (χ4n) is 5.68. The largest absolute Gasteiger partial charge is 0.389 e. The summed E-state index contributed by atoms with van der Waals surface area (Å²) >= 11 is 0. The number of hydrogen-bond acceptors (Lipinski definition) is 2. The van der Waals surface area contributed by atoms with Gasteiger partial charge in [-0.05, 0) is 62.7 Å². The number of hydrogen-bond donors (Lipinski definition) is 0. The van der Waals surface area contributed by atoms with Gasteiger partial charge in [0.15, 0.2) is 0 Å². The van der Waals surface area contributed by atoms with Crippen LogP contribution in [-0.4, -0.2) is 11.3 Å². The maximum atomic E-state index is 5.95. The molecular formula is C17H29NO. The molecule has 0 saturated heterocycles. The molecule has 0 spiro atoms. The minimum Gasteiger partial charge on any atom is -0.389 e.